The van der Waals surface area contributed by atoms with Crippen LogP contribution in [-0.4, -0.2) is 38.0 Å². The highest BCUT2D eigenvalue weighted by Crippen LogP contribution is 2.58. The van der Waals surface area contributed by atoms with Crippen molar-refractivity contribution >= 4 is 22.8 Å². The van der Waals surface area contributed by atoms with E-state index < -0.39 is 5.67 Å². The van der Waals surface area contributed by atoms with Gasteiger partial charge in [0.15, 0.2) is 11.5 Å². The van der Waals surface area contributed by atoms with Crippen LogP contribution < -0.4 is 0 Å². The van der Waals surface area contributed by atoms with Crippen molar-refractivity contribution in [1.29, 1.82) is 0 Å². The van der Waals surface area contributed by atoms with Gasteiger partial charge in [-0.2, -0.15) is 5.10 Å². The number of nitrogens with zero attached hydrogens (tertiary/aromatic N) is 4. The standard InChI is InChI=1S/C23H21FN4O2S/c1-13-16(10-25-27(13)2)17-11-28(12-21-15(17)6-7-31-21)22(29)19-8-20(30-26-19)18-5-3-4-14-9-23(14,18)24/h3-8,10,14,17H,9,11-12H2,1-2H3. The topological polar surface area (TPSA) is 64.2 Å². The molecule has 4 heterocycles. The summed E-state index contributed by atoms with van der Waals surface area (Å²) in [5, 5.41) is 10.5. The van der Waals surface area contributed by atoms with E-state index in [1.54, 1.807) is 28.4 Å². The van der Waals surface area contributed by atoms with E-state index in [0.717, 1.165) is 11.3 Å². The summed E-state index contributed by atoms with van der Waals surface area (Å²) in [5.41, 5.74) is 2.78. The second-order valence-corrected chi connectivity index (χ2v) is 9.56. The molecule has 3 unspecified atom stereocenters. The van der Waals surface area contributed by atoms with Crippen molar-refractivity contribution in [3.05, 3.63) is 75.1 Å². The van der Waals surface area contributed by atoms with Crippen LogP contribution in [0.1, 0.15) is 50.3 Å². The Bertz CT molecular complexity index is 1270. The summed E-state index contributed by atoms with van der Waals surface area (Å²) in [6, 6.07) is 3.72. The van der Waals surface area contributed by atoms with E-state index in [4.69, 9.17) is 4.52 Å². The molecule has 1 fully saturated rings. The van der Waals surface area contributed by atoms with Crippen molar-refractivity contribution in [2.75, 3.05) is 6.54 Å². The number of hydrogen-bond acceptors (Lipinski definition) is 5. The van der Waals surface area contributed by atoms with Gasteiger partial charge in [0, 0.05) is 53.2 Å². The van der Waals surface area contributed by atoms with Gasteiger partial charge in [-0.05, 0) is 30.4 Å². The summed E-state index contributed by atoms with van der Waals surface area (Å²) in [4.78, 5) is 16.3. The van der Waals surface area contributed by atoms with Crippen molar-refractivity contribution < 1.29 is 13.7 Å². The summed E-state index contributed by atoms with van der Waals surface area (Å²) in [6.45, 7) is 3.12. The fraction of sp³-hybridized carbons (Fsp3) is 0.348. The largest absolute Gasteiger partial charge is 0.356 e. The molecule has 1 saturated carbocycles. The monoisotopic (exact) mass is 436 g/mol. The van der Waals surface area contributed by atoms with E-state index >= 15 is 0 Å². The number of aromatic nitrogens is 3. The van der Waals surface area contributed by atoms with Gasteiger partial charge in [-0.25, -0.2) is 4.39 Å². The molecule has 3 aromatic heterocycles. The molecule has 3 aliphatic rings. The molecule has 6 nitrogen and oxygen atoms in total. The first kappa shape index (κ1) is 18.7. The van der Waals surface area contributed by atoms with Gasteiger partial charge in [0.1, 0.15) is 5.67 Å². The number of hydrogen-bond donors (Lipinski definition) is 0. The zero-order chi connectivity index (χ0) is 21.3. The molecule has 0 saturated heterocycles. The maximum Gasteiger partial charge on any atom is 0.276 e. The highest BCUT2D eigenvalue weighted by atomic mass is 32.1. The first-order chi connectivity index (χ1) is 15.0. The van der Waals surface area contributed by atoms with Gasteiger partial charge in [0.2, 0.25) is 0 Å². The van der Waals surface area contributed by atoms with E-state index in [1.165, 1.54) is 10.4 Å². The van der Waals surface area contributed by atoms with Crippen LogP contribution in [0.5, 0.6) is 0 Å². The van der Waals surface area contributed by atoms with E-state index in [0.29, 0.717) is 30.8 Å². The lowest BCUT2D eigenvalue weighted by Gasteiger charge is -2.32. The third kappa shape index (κ3) is 2.77. The van der Waals surface area contributed by atoms with Crippen molar-refractivity contribution in [2.45, 2.75) is 31.5 Å². The molecule has 31 heavy (non-hydrogen) atoms. The van der Waals surface area contributed by atoms with Crippen LogP contribution in [0.3, 0.4) is 0 Å². The third-order valence-corrected chi connectivity index (χ3v) is 7.74. The van der Waals surface area contributed by atoms with Crippen LogP contribution in [0.15, 0.2) is 46.5 Å². The summed E-state index contributed by atoms with van der Waals surface area (Å²) in [6.07, 6.45) is 7.79. The van der Waals surface area contributed by atoms with Gasteiger partial charge in [0.25, 0.3) is 5.91 Å². The number of carbonyl (C=O) groups is 1. The first-order valence-electron chi connectivity index (χ1n) is 10.3. The summed E-state index contributed by atoms with van der Waals surface area (Å²) in [7, 11) is 1.92. The van der Waals surface area contributed by atoms with Gasteiger partial charge in [-0.1, -0.05) is 23.4 Å². The van der Waals surface area contributed by atoms with Crippen LogP contribution in [0.25, 0.3) is 5.57 Å². The Morgan fingerprint density at radius 1 is 1.39 bits per heavy atom. The normalized spacial score (nSPS) is 26.4. The van der Waals surface area contributed by atoms with Crippen molar-refractivity contribution in [1.82, 2.24) is 19.8 Å². The number of carbonyl (C=O) groups excluding carboxylic acids is 1. The van der Waals surface area contributed by atoms with Crippen LogP contribution in [0.2, 0.25) is 0 Å². The molecule has 158 valence electrons. The maximum atomic E-state index is 15.0. The zero-order valence-corrected chi connectivity index (χ0v) is 18.0. The Morgan fingerprint density at radius 3 is 3.06 bits per heavy atom. The van der Waals surface area contributed by atoms with Crippen LogP contribution in [0, 0.1) is 12.8 Å². The Balaban J connectivity index is 1.30. The van der Waals surface area contributed by atoms with Gasteiger partial charge in [0.05, 0.1) is 12.7 Å². The molecule has 2 aliphatic carbocycles. The number of alkyl halides is 1. The maximum absolute atomic E-state index is 15.0. The lowest BCUT2D eigenvalue weighted by molar-refractivity contribution is 0.0717. The summed E-state index contributed by atoms with van der Waals surface area (Å²) < 4.78 is 22.2. The molecule has 3 aromatic rings. The van der Waals surface area contributed by atoms with E-state index in [1.807, 2.05) is 37.0 Å². The quantitative estimate of drug-likeness (QED) is 0.616. The summed E-state index contributed by atoms with van der Waals surface area (Å²) >= 11 is 1.65. The number of allylic oxidation sites excluding steroid dienone is 4. The van der Waals surface area contributed by atoms with Gasteiger partial charge >= 0.3 is 0 Å². The molecule has 3 atom stereocenters. The number of thiophene rings is 1. The van der Waals surface area contributed by atoms with Crippen LogP contribution >= 0.6 is 11.3 Å². The predicted octanol–water partition coefficient (Wildman–Crippen LogP) is 4.25. The smallest absolute Gasteiger partial charge is 0.276 e. The summed E-state index contributed by atoms with van der Waals surface area (Å²) in [5.74, 6) is 0.102. The average Bonchev–Trinajstić information content (AvgIpc) is 3.17. The lowest BCUT2D eigenvalue weighted by atomic mass is 9.88. The third-order valence-electron chi connectivity index (χ3n) is 6.82. The first-order valence-corrected chi connectivity index (χ1v) is 11.2. The Hall–Kier alpha value is -3.00. The number of aryl methyl sites for hydroxylation is 1. The SMILES string of the molecule is Cc1c(C2CN(C(=O)c3cc(C4=CC=CC5CC45F)on3)Cc3sccc32)cnn1C. The lowest BCUT2D eigenvalue weighted by Crippen LogP contribution is -2.38. The predicted molar refractivity (Wildman–Crippen MR) is 114 cm³/mol. The Kier molecular flexibility index (Phi) is 3.93. The van der Waals surface area contributed by atoms with Crippen LogP contribution in [0.4, 0.5) is 4.39 Å². The molecule has 6 rings (SSSR count). The molecule has 8 heteroatoms. The number of amides is 1. The number of fused-ring (bicyclic) bond motifs is 2. The molecule has 1 amide bonds. The molecule has 0 bridgehead atoms. The molecular weight excluding hydrogens is 415 g/mol. The second-order valence-electron chi connectivity index (χ2n) is 8.56. The zero-order valence-electron chi connectivity index (χ0n) is 17.2. The Labute approximate surface area is 182 Å². The molecular formula is C23H21FN4O2S. The molecule has 0 spiro atoms. The minimum absolute atomic E-state index is 0.0616. The molecule has 0 aromatic carbocycles. The highest BCUT2D eigenvalue weighted by Gasteiger charge is 2.58. The van der Waals surface area contributed by atoms with Gasteiger partial charge in [-0.15, -0.1) is 11.3 Å². The minimum atomic E-state index is -1.38. The van der Waals surface area contributed by atoms with Gasteiger partial charge in [-0.3, -0.25) is 9.48 Å². The highest BCUT2D eigenvalue weighted by molar-refractivity contribution is 7.10. The fourth-order valence-electron chi connectivity index (χ4n) is 4.79. The number of rotatable bonds is 3. The van der Waals surface area contributed by atoms with Gasteiger partial charge < -0.3 is 9.42 Å². The van der Waals surface area contributed by atoms with E-state index in [-0.39, 0.29) is 23.4 Å². The van der Waals surface area contributed by atoms with Crippen molar-refractivity contribution in [3.63, 3.8) is 0 Å². The van der Waals surface area contributed by atoms with E-state index in [9.17, 15) is 9.18 Å². The molecule has 0 radical (unpaired) electrons. The second kappa shape index (κ2) is 6.50. The minimum Gasteiger partial charge on any atom is -0.356 e. The fourth-order valence-corrected chi connectivity index (χ4v) is 5.75. The molecule has 0 N–H and O–H groups in total. The molecule has 1 aliphatic heterocycles. The Morgan fingerprint density at radius 2 is 2.26 bits per heavy atom. The van der Waals surface area contributed by atoms with Crippen molar-refractivity contribution in [3.8, 4) is 0 Å². The average molecular weight is 437 g/mol. The van der Waals surface area contributed by atoms with E-state index in [2.05, 4.69) is 21.7 Å². The number of halogens is 1. The van der Waals surface area contributed by atoms with Crippen molar-refractivity contribution in [2.24, 2.45) is 13.0 Å². The van der Waals surface area contributed by atoms with Crippen LogP contribution in [-0.2, 0) is 13.6 Å².